The van der Waals surface area contributed by atoms with E-state index in [1.165, 1.54) is 18.2 Å². The van der Waals surface area contributed by atoms with E-state index in [9.17, 15) is 4.79 Å². The van der Waals surface area contributed by atoms with Gasteiger partial charge in [-0.1, -0.05) is 24.3 Å². The van der Waals surface area contributed by atoms with Crippen LogP contribution >= 0.6 is 0 Å². The van der Waals surface area contributed by atoms with Crippen molar-refractivity contribution in [2.75, 3.05) is 7.11 Å². The highest BCUT2D eigenvalue weighted by molar-refractivity contribution is 5.73. The van der Waals surface area contributed by atoms with Crippen LogP contribution < -0.4 is 10.8 Å². The third kappa shape index (κ3) is 2.33. The zero-order valence-corrected chi connectivity index (χ0v) is 9.32. The number of nitrogens with one attached hydrogen (secondary N) is 2. The number of hydroxylamine groups is 1. The van der Waals surface area contributed by atoms with E-state index in [0.717, 1.165) is 19.3 Å². The molecular formula is C12H16N2O2. The highest BCUT2D eigenvalue weighted by Crippen LogP contribution is 2.29. The normalized spacial score (nSPS) is 18.7. The van der Waals surface area contributed by atoms with Gasteiger partial charge in [-0.2, -0.15) is 0 Å². The van der Waals surface area contributed by atoms with Crippen molar-refractivity contribution in [2.45, 2.75) is 25.3 Å². The van der Waals surface area contributed by atoms with Crippen LogP contribution in [-0.2, 0) is 11.3 Å². The number of amides is 2. The Labute approximate surface area is 94.9 Å². The summed E-state index contributed by atoms with van der Waals surface area (Å²) in [5.41, 5.74) is 4.83. The topological polar surface area (TPSA) is 50.4 Å². The molecule has 86 valence electrons. The van der Waals surface area contributed by atoms with Crippen LogP contribution in [0.5, 0.6) is 0 Å². The first kappa shape index (κ1) is 11.0. The predicted molar refractivity (Wildman–Crippen MR) is 60.8 cm³/mol. The summed E-state index contributed by atoms with van der Waals surface area (Å²) in [5.74, 6) is 0. The van der Waals surface area contributed by atoms with Gasteiger partial charge in [0.15, 0.2) is 0 Å². The van der Waals surface area contributed by atoms with E-state index in [2.05, 4.69) is 27.8 Å². The van der Waals surface area contributed by atoms with E-state index in [1.54, 1.807) is 0 Å². The van der Waals surface area contributed by atoms with Crippen LogP contribution in [0.15, 0.2) is 24.3 Å². The van der Waals surface area contributed by atoms with Crippen LogP contribution in [0.2, 0.25) is 0 Å². The molecule has 0 saturated heterocycles. The lowest BCUT2D eigenvalue weighted by Crippen LogP contribution is -2.38. The Balaban J connectivity index is 2.10. The van der Waals surface area contributed by atoms with E-state index in [1.807, 2.05) is 12.1 Å². The molecule has 4 nitrogen and oxygen atoms in total. The Kier molecular flexibility index (Phi) is 3.41. The van der Waals surface area contributed by atoms with Gasteiger partial charge in [-0.15, -0.1) is 0 Å². The standard InChI is InChI=1S/C12H16N2O2/c1-16-14-12(15)13-11-8-4-6-9-5-2-3-7-10(9)11/h2-3,5,7,11H,4,6,8H2,1H3,(H2,13,14,15). The summed E-state index contributed by atoms with van der Waals surface area (Å²) in [6.45, 7) is 0. The van der Waals surface area contributed by atoms with Gasteiger partial charge >= 0.3 is 6.03 Å². The van der Waals surface area contributed by atoms with E-state index < -0.39 is 0 Å². The second-order valence-electron chi connectivity index (χ2n) is 3.92. The molecule has 0 spiro atoms. The lowest BCUT2D eigenvalue weighted by Gasteiger charge is -2.26. The van der Waals surface area contributed by atoms with Crippen LogP contribution in [0.25, 0.3) is 0 Å². The Morgan fingerprint density at radius 1 is 1.44 bits per heavy atom. The number of benzene rings is 1. The first-order valence-electron chi connectivity index (χ1n) is 5.48. The number of hydrogen-bond acceptors (Lipinski definition) is 2. The van der Waals surface area contributed by atoms with Crippen molar-refractivity contribution in [1.82, 2.24) is 10.8 Å². The number of aryl methyl sites for hydroxylation is 1. The predicted octanol–water partition coefficient (Wildman–Crippen LogP) is 1.92. The van der Waals surface area contributed by atoms with E-state index in [-0.39, 0.29) is 12.1 Å². The third-order valence-corrected chi connectivity index (χ3v) is 2.87. The first-order valence-corrected chi connectivity index (χ1v) is 5.48. The Morgan fingerprint density at radius 3 is 3.06 bits per heavy atom. The number of hydrogen-bond donors (Lipinski definition) is 2. The molecule has 2 rings (SSSR count). The van der Waals surface area contributed by atoms with E-state index >= 15 is 0 Å². The molecule has 0 saturated carbocycles. The second kappa shape index (κ2) is 4.99. The molecule has 0 radical (unpaired) electrons. The Hall–Kier alpha value is -1.55. The number of carbonyl (C=O) groups is 1. The van der Waals surface area contributed by atoms with Crippen molar-refractivity contribution < 1.29 is 9.63 Å². The summed E-state index contributed by atoms with van der Waals surface area (Å²) < 4.78 is 0. The summed E-state index contributed by atoms with van der Waals surface area (Å²) in [6.07, 6.45) is 3.18. The molecule has 16 heavy (non-hydrogen) atoms. The van der Waals surface area contributed by atoms with Gasteiger partial charge < -0.3 is 5.32 Å². The molecule has 1 aliphatic carbocycles. The maximum absolute atomic E-state index is 11.4. The minimum atomic E-state index is -0.288. The second-order valence-corrected chi connectivity index (χ2v) is 3.92. The lowest BCUT2D eigenvalue weighted by molar-refractivity contribution is 0.105. The largest absolute Gasteiger partial charge is 0.339 e. The molecule has 0 bridgehead atoms. The monoisotopic (exact) mass is 220 g/mol. The van der Waals surface area contributed by atoms with Gasteiger partial charge in [-0.05, 0) is 30.4 Å². The zero-order chi connectivity index (χ0) is 11.4. The smallest absolute Gasteiger partial charge is 0.330 e. The zero-order valence-electron chi connectivity index (χ0n) is 9.32. The van der Waals surface area contributed by atoms with Gasteiger partial charge in [0.05, 0.1) is 13.2 Å². The summed E-state index contributed by atoms with van der Waals surface area (Å²) in [5, 5.41) is 2.90. The van der Waals surface area contributed by atoms with Crippen LogP contribution in [0.4, 0.5) is 4.79 Å². The van der Waals surface area contributed by atoms with Crippen molar-refractivity contribution in [3.8, 4) is 0 Å². The van der Waals surface area contributed by atoms with Crippen molar-refractivity contribution in [2.24, 2.45) is 0 Å². The van der Waals surface area contributed by atoms with Crippen LogP contribution in [0, 0.1) is 0 Å². The summed E-state index contributed by atoms with van der Waals surface area (Å²) >= 11 is 0. The van der Waals surface area contributed by atoms with E-state index in [4.69, 9.17) is 0 Å². The molecule has 2 N–H and O–H groups in total. The maximum Gasteiger partial charge on any atom is 0.339 e. The Morgan fingerprint density at radius 2 is 2.25 bits per heavy atom. The molecule has 0 aromatic heterocycles. The van der Waals surface area contributed by atoms with Gasteiger partial charge in [-0.25, -0.2) is 10.3 Å². The van der Waals surface area contributed by atoms with Gasteiger partial charge in [0, 0.05) is 0 Å². The third-order valence-electron chi connectivity index (χ3n) is 2.87. The van der Waals surface area contributed by atoms with Gasteiger partial charge in [-0.3, -0.25) is 4.84 Å². The van der Waals surface area contributed by atoms with Crippen molar-refractivity contribution in [1.29, 1.82) is 0 Å². The fourth-order valence-corrected chi connectivity index (χ4v) is 2.18. The highest BCUT2D eigenvalue weighted by atomic mass is 16.6. The molecule has 0 aliphatic heterocycles. The molecule has 0 fully saturated rings. The minimum Gasteiger partial charge on any atom is -0.330 e. The van der Waals surface area contributed by atoms with Crippen molar-refractivity contribution in [3.63, 3.8) is 0 Å². The van der Waals surface area contributed by atoms with Gasteiger partial charge in [0.25, 0.3) is 0 Å². The lowest BCUT2D eigenvalue weighted by atomic mass is 9.88. The molecule has 1 aromatic carbocycles. The van der Waals surface area contributed by atoms with Crippen LogP contribution in [0.3, 0.4) is 0 Å². The van der Waals surface area contributed by atoms with Crippen LogP contribution in [0.1, 0.15) is 30.0 Å². The molecule has 4 heteroatoms. The summed E-state index contributed by atoms with van der Waals surface area (Å²) in [6, 6.07) is 8.05. The average Bonchev–Trinajstić information content (AvgIpc) is 2.30. The van der Waals surface area contributed by atoms with Crippen molar-refractivity contribution >= 4 is 6.03 Å². The Bertz CT molecular complexity index is 379. The fraction of sp³-hybridized carbons (Fsp3) is 0.417. The molecule has 2 amide bonds. The molecular weight excluding hydrogens is 204 g/mol. The summed E-state index contributed by atoms with van der Waals surface area (Å²) in [7, 11) is 1.42. The number of rotatable bonds is 2. The van der Waals surface area contributed by atoms with Crippen molar-refractivity contribution in [3.05, 3.63) is 35.4 Å². The molecule has 0 heterocycles. The van der Waals surface area contributed by atoms with E-state index in [0.29, 0.717) is 0 Å². The maximum atomic E-state index is 11.4. The highest BCUT2D eigenvalue weighted by Gasteiger charge is 2.20. The minimum absolute atomic E-state index is 0.0973. The number of urea groups is 1. The first-order chi connectivity index (χ1) is 7.81. The van der Waals surface area contributed by atoms with Crippen LogP contribution in [-0.4, -0.2) is 13.1 Å². The molecule has 1 unspecified atom stereocenters. The molecule has 1 aromatic rings. The number of carbonyl (C=O) groups excluding carboxylic acids is 1. The molecule has 1 atom stereocenters. The fourth-order valence-electron chi connectivity index (χ4n) is 2.18. The average molecular weight is 220 g/mol. The SMILES string of the molecule is CONC(=O)NC1CCCc2ccccc21. The number of fused-ring (bicyclic) bond motifs is 1. The summed E-state index contributed by atoms with van der Waals surface area (Å²) in [4.78, 5) is 15.9. The quantitative estimate of drug-likeness (QED) is 0.748. The van der Waals surface area contributed by atoms with Gasteiger partial charge in [0.1, 0.15) is 0 Å². The molecule has 1 aliphatic rings. The van der Waals surface area contributed by atoms with Gasteiger partial charge in [0.2, 0.25) is 0 Å².